The van der Waals surface area contributed by atoms with Crippen molar-refractivity contribution in [1.82, 2.24) is 15.5 Å². The van der Waals surface area contributed by atoms with Gasteiger partial charge in [0.2, 0.25) is 5.91 Å². The maximum atomic E-state index is 12.4. The smallest absolute Gasteiger partial charge is 0.251 e. The molecule has 2 unspecified atom stereocenters. The molecule has 0 aromatic heterocycles. The van der Waals surface area contributed by atoms with Gasteiger partial charge in [-0.25, -0.2) is 0 Å². The van der Waals surface area contributed by atoms with Crippen LogP contribution in [-0.4, -0.2) is 49.9 Å². The number of nitrogens with one attached hydrogen (secondary N) is 2. The van der Waals surface area contributed by atoms with E-state index in [1.54, 1.807) is 0 Å². The van der Waals surface area contributed by atoms with Crippen LogP contribution in [0.4, 0.5) is 0 Å². The van der Waals surface area contributed by atoms with Gasteiger partial charge in [0, 0.05) is 37.7 Å². The van der Waals surface area contributed by atoms with Gasteiger partial charge in [0.25, 0.3) is 5.91 Å². The SMILES string of the molecule is CNCC(C)C(=O)N1CCCC(CNC(=O)c2ccccc2)C1.Cl. The number of nitrogens with zero attached hydrogens (tertiary/aromatic N) is 1. The van der Waals surface area contributed by atoms with Crippen LogP contribution in [0, 0.1) is 11.8 Å². The first-order chi connectivity index (χ1) is 11.1. The van der Waals surface area contributed by atoms with Crippen LogP contribution < -0.4 is 10.6 Å². The van der Waals surface area contributed by atoms with Gasteiger partial charge in [-0.2, -0.15) is 0 Å². The van der Waals surface area contributed by atoms with Crippen molar-refractivity contribution in [2.45, 2.75) is 19.8 Å². The Labute approximate surface area is 150 Å². The van der Waals surface area contributed by atoms with Crippen LogP contribution >= 0.6 is 12.4 Å². The van der Waals surface area contributed by atoms with Crippen molar-refractivity contribution in [2.75, 3.05) is 33.2 Å². The Morgan fingerprint density at radius 3 is 2.67 bits per heavy atom. The Morgan fingerprint density at radius 2 is 2.00 bits per heavy atom. The third-order valence-corrected chi connectivity index (χ3v) is 4.35. The van der Waals surface area contributed by atoms with Gasteiger partial charge in [0.15, 0.2) is 0 Å². The molecule has 1 saturated heterocycles. The molecule has 0 aliphatic carbocycles. The molecule has 2 atom stereocenters. The lowest BCUT2D eigenvalue weighted by Gasteiger charge is -2.34. The molecule has 2 rings (SSSR count). The van der Waals surface area contributed by atoms with E-state index in [1.165, 1.54) is 0 Å². The number of halogens is 1. The van der Waals surface area contributed by atoms with Crippen LogP contribution in [0.3, 0.4) is 0 Å². The van der Waals surface area contributed by atoms with Crippen molar-refractivity contribution in [1.29, 1.82) is 0 Å². The van der Waals surface area contributed by atoms with Crippen molar-refractivity contribution in [3.63, 3.8) is 0 Å². The Balaban J connectivity index is 0.00000288. The Kier molecular flexibility index (Phi) is 8.79. The molecule has 2 N–H and O–H groups in total. The zero-order valence-corrected chi connectivity index (χ0v) is 15.3. The summed E-state index contributed by atoms with van der Waals surface area (Å²) in [5.41, 5.74) is 0.680. The molecule has 6 heteroatoms. The minimum absolute atomic E-state index is 0. The Morgan fingerprint density at radius 1 is 1.29 bits per heavy atom. The lowest BCUT2D eigenvalue weighted by atomic mass is 9.96. The Hall–Kier alpha value is -1.59. The molecule has 2 amide bonds. The van der Waals surface area contributed by atoms with E-state index in [-0.39, 0.29) is 30.1 Å². The zero-order valence-electron chi connectivity index (χ0n) is 14.5. The highest BCUT2D eigenvalue weighted by Gasteiger charge is 2.26. The molecule has 1 aromatic rings. The molecule has 0 saturated carbocycles. The first kappa shape index (κ1) is 20.5. The monoisotopic (exact) mass is 353 g/mol. The van der Waals surface area contributed by atoms with E-state index in [9.17, 15) is 9.59 Å². The van der Waals surface area contributed by atoms with E-state index in [0.29, 0.717) is 24.6 Å². The van der Waals surface area contributed by atoms with Gasteiger partial charge >= 0.3 is 0 Å². The van der Waals surface area contributed by atoms with Gasteiger partial charge in [-0.3, -0.25) is 9.59 Å². The number of likely N-dealkylation sites (tertiary alicyclic amines) is 1. The van der Waals surface area contributed by atoms with Crippen LogP contribution in [0.5, 0.6) is 0 Å². The largest absolute Gasteiger partial charge is 0.352 e. The first-order valence-electron chi connectivity index (χ1n) is 8.38. The second-order valence-corrected chi connectivity index (χ2v) is 6.33. The summed E-state index contributed by atoms with van der Waals surface area (Å²) in [5.74, 6) is 0.496. The third kappa shape index (κ3) is 5.80. The van der Waals surface area contributed by atoms with E-state index in [1.807, 2.05) is 49.2 Å². The average molecular weight is 354 g/mol. The van der Waals surface area contributed by atoms with Crippen LogP contribution in [0.2, 0.25) is 0 Å². The molecule has 134 valence electrons. The number of carbonyl (C=O) groups is 2. The maximum Gasteiger partial charge on any atom is 0.251 e. The standard InChI is InChI=1S/C18H27N3O2.ClH/c1-14(11-19-2)18(23)21-10-6-7-15(13-21)12-20-17(22)16-8-4-3-5-9-16;/h3-5,8-9,14-15,19H,6-7,10-13H2,1-2H3,(H,20,22);1H. The van der Waals surface area contributed by atoms with Crippen molar-refractivity contribution in [2.24, 2.45) is 11.8 Å². The highest BCUT2D eigenvalue weighted by molar-refractivity contribution is 5.94. The molecule has 0 radical (unpaired) electrons. The first-order valence-corrected chi connectivity index (χ1v) is 8.38. The third-order valence-electron chi connectivity index (χ3n) is 4.35. The normalized spacial score (nSPS) is 18.4. The summed E-state index contributed by atoms with van der Waals surface area (Å²) >= 11 is 0. The minimum Gasteiger partial charge on any atom is -0.352 e. The quantitative estimate of drug-likeness (QED) is 0.821. The van der Waals surface area contributed by atoms with Gasteiger partial charge in [-0.1, -0.05) is 25.1 Å². The second-order valence-electron chi connectivity index (χ2n) is 6.33. The lowest BCUT2D eigenvalue weighted by Crippen LogP contribution is -2.46. The fourth-order valence-electron chi connectivity index (χ4n) is 3.07. The predicted octanol–water partition coefficient (Wildman–Crippen LogP) is 1.93. The molecule has 1 aliphatic rings. The summed E-state index contributed by atoms with van der Waals surface area (Å²) in [6, 6.07) is 9.24. The van der Waals surface area contributed by atoms with Crippen LogP contribution in [0.15, 0.2) is 30.3 Å². The second kappa shape index (κ2) is 10.3. The summed E-state index contributed by atoms with van der Waals surface area (Å²) in [5, 5.41) is 6.05. The van der Waals surface area contributed by atoms with Crippen LogP contribution in [0.1, 0.15) is 30.1 Å². The molecule has 1 aliphatic heterocycles. The summed E-state index contributed by atoms with van der Waals surface area (Å²) < 4.78 is 0. The fraction of sp³-hybridized carbons (Fsp3) is 0.556. The number of rotatable bonds is 6. The van der Waals surface area contributed by atoms with E-state index in [0.717, 1.165) is 25.9 Å². The van der Waals surface area contributed by atoms with Gasteiger partial charge in [-0.15, -0.1) is 12.4 Å². The van der Waals surface area contributed by atoms with Crippen molar-refractivity contribution in [3.8, 4) is 0 Å². The Bertz CT molecular complexity index is 524. The van der Waals surface area contributed by atoms with Gasteiger partial charge < -0.3 is 15.5 Å². The highest BCUT2D eigenvalue weighted by Crippen LogP contribution is 2.18. The number of piperidine rings is 1. The molecule has 5 nitrogen and oxygen atoms in total. The number of amides is 2. The zero-order chi connectivity index (χ0) is 16.7. The number of hydrogen-bond donors (Lipinski definition) is 2. The predicted molar refractivity (Wildman–Crippen MR) is 98.4 cm³/mol. The number of benzene rings is 1. The topological polar surface area (TPSA) is 61.4 Å². The van der Waals surface area contributed by atoms with Gasteiger partial charge in [0.1, 0.15) is 0 Å². The van der Waals surface area contributed by atoms with Crippen LogP contribution in [-0.2, 0) is 4.79 Å². The van der Waals surface area contributed by atoms with Crippen molar-refractivity contribution in [3.05, 3.63) is 35.9 Å². The van der Waals surface area contributed by atoms with Crippen LogP contribution in [0.25, 0.3) is 0 Å². The lowest BCUT2D eigenvalue weighted by molar-refractivity contribution is -0.136. The number of carbonyl (C=O) groups excluding carboxylic acids is 2. The molecule has 0 spiro atoms. The van der Waals surface area contributed by atoms with Gasteiger partial charge in [-0.05, 0) is 37.9 Å². The van der Waals surface area contributed by atoms with E-state index in [2.05, 4.69) is 10.6 Å². The van der Waals surface area contributed by atoms with Crippen molar-refractivity contribution < 1.29 is 9.59 Å². The molecule has 1 heterocycles. The molecular formula is C18H28ClN3O2. The molecule has 0 bridgehead atoms. The summed E-state index contributed by atoms with van der Waals surface area (Å²) in [6.07, 6.45) is 2.06. The molecule has 1 fully saturated rings. The van der Waals surface area contributed by atoms with E-state index in [4.69, 9.17) is 0 Å². The molecule has 24 heavy (non-hydrogen) atoms. The fourth-order valence-corrected chi connectivity index (χ4v) is 3.07. The average Bonchev–Trinajstić information content (AvgIpc) is 2.60. The number of hydrogen-bond acceptors (Lipinski definition) is 3. The summed E-state index contributed by atoms with van der Waals surface area (Å²) in [4.78, 5) is 26.4. The summed E-state index contributed by atoms with van der Waals surface area (Å²) in [7, 11) is 1.86. The van der Waals surface area contributed by atoms with Gasteiger partial charge in [0.05, 0.1) is 0 Å². The highest BCUT2D eigenvalue weighted by atomic mass is 35.5. The van der Waals surface area contributed by atoms with E-state index < -0.39 is 0 Å². The van der Waals surface area contributed by atoms with Crippen molar-refractivity contribution >= 4 is 24.2 Å². The maximum absolute atomic E-state index is 12.4. The minimum atomic E-state index is -0.0439. The molecule has 1 aromatic carbocycles. The summed E-state index contributed by atoms with van der Waals surface area (Å²) in [6.45, 7) is 4.85. The van der Waals surface area contributed by atoms with E-state index >= 15 is 0 Å². The molecular weight excluding hydrogens is 326 g/mol.